The third kappa shape index (κ3) is 3.36. The van der Waals surface area contributed by atoms with Crippen molar-refractivity contribution in [3.63, 3.8) is 0 Å². The van der Waals surface area contributed by atoms with E-state index in [1.54, 1.807) is 4.90 Å². The first-order valence-corrected chi connectivity index (χ1v) is 9.48. The molecule has 3 aromatic rings. The third-order valence-corrected chi connectivity index (χ3v) is 5.50. The number of carbonyl (C=O) groups is 1. The Bertz CT molecular complexity index is 1010. The van der Waals surface area contributed by atoms with Gasteiger partial charge in [0.25, 0.3) is 5.89 Å². The minimum Gasteiger partial charge on any atom is -0.378 e. The number of rotatable bonds is 4. The van der Waals surface area contributed by atoms with Gasteiger partial charge in [-0.15, -0.1) is 0 Å². The average Bonchev–Trinajstić information content (AvgIpc) is 3.31. The van der Waals surface area contributed by atoms with Crippen molar-refractivity contribution in [2.75, 3.05) is 30.4 Å². The Morgan fingerprint density at radius 1 is 1.18 bits per heavy atom. The SMILES string of the molecule is Cc1c(Cl)cccc1N1CC(c2noc(-c3ccc(N(C)C)cc3)n2)CC1=O. The maximum atomic E-state index is 12.6. The molecule has 0 radical (unpaired) electrons. The monoisotopic (exact) mass is 396 g/mol. The van der Waals surface area contributed by atoms with Gasteiger partial charge in [0.1, 0.15) is 0 Å². The number of hydrogen-bond donors (Lipinski definition) is 0. The molecule has 0 bridgehead atoms. The van der Waals surface area contributed by atoms with Crippen LogP contribution in [0.4, 0.5) is 11.4 Å². The van der Waals surface area contributed by atoms with Crippen LogP contribution < -0.4 is 9.80 Å². The topological polar surface area (TPSA) is 62.5 Å². The van der Waals surface area contributed by atoms with Crippen LogP contribution in [-0.2, 0) is 4.79 Å². The van der Waals surface area contributed by atoms with E-state index >= 15 is 0 Å². The molecule has 1 aromatic heterocycles. The second-order valence-corrected chi connectivity index (χ2v) is 7.60. The lowest BCUT2D eigenvalue weighted by Gasteiger charge is -2.19. The van der Waals surface area contributed by atoms with E-state index in [9.17, 15) is 4.79 Å². The number of halogens is 1. The van der Waals surface area contributed by atoms with E-state index < -0.39 is 0 Å². The van der Waals surface area contributed by atoms with E-state index in [4.69, 9.17) is 16.1 Å². The number of anilines is 2. The Morgan fingerprint density at radius 3 is 2.64 bits per heavy atom. The predicted molar refractivity (Wildman–Crippen MR) is 110 cm³/mol. The summed E-state index contributed by atoms with van der Waals surface area (Å²) < 4.78 is 5.46. The molecule has 1 unspecified atom stereocenters. The molecule has 0 spiro atoms. The summed E-state index contributed by atoms with van der Waals surface area (Å²) >= 11 is 6.21. The average molecular weight is 397 g/mol. The number of nitrogens with zero attached hydrogens (tertiary/aromatic N) is 4. The molecule has 1 atom stereocenters. The smallest absolute Gasteiger partial charge is 0.257 e. The van der Waals surface area contributed by atoms with Crippen molar-refractivity contribution in [1.82, 2.24) is 10.1 Å². The van der Waals surface area contributed by atoms with E-state index in [0.717, 1.165) is 22.5 Å². The van der Waals surface area contributed by atoms with Crippen LogP contribution >= 0.6 is 11.6 Å². The summed E-state index contributed by atoms with van der Waals surface area (Å²) in [5, 5.41) is 4.78. The van der Waals surface area contributed by atoms with Gasteiger partial charge in [-0.3, -0.25) is 4.79 Å². The van der Waals surface area contributed by atoms with E-state index in [1.165, 1.54) is 0 Å². The summed E-state index contributed by atoms with van der Waals surface area (Å²) in [6.07, 6.45) is 0.352. The van der Waals surface area contributed by atoms with Crippen molar-refractivity contribution in [3.05, 3.63) is 58.9 Å². The molecule has 1 aliphatic heterocycles. The van der Waals surface area contributed by atoms with Crippen LogP contribution in [0.15, 0.2) is 47.0 Å². The normalized spacial score (nSPS) is 16.6. The van der Waals surface area contributed by atoms with Crippen LogP contribution in [0.2, 0.25) is 5.02 Å². The van der Waals surface area contributed by atoms with E-state index in [2.05, 4.69) is 10.1 Å². The fraction of sp³-hybridized carbons (Fsp3) is 0.286. The molecule has 7 heteroatoms. The van der Waals surface area contributed by atoms with Crippen LogP contribution in [0.3, 0.4) is 0 Å². The highest BCUT2D eigenvalue weighted by molar-refractivity contribution is 6.31. The van der Waals surface area contributed by atoms with Crippen LogP contribution in [0, 0.1) is 6.92 Å². The van der Waals surface area contributed by atoms with E-state index in [-0.39, 0.29) is 11.8 Å². The van der Waals surface area contributed by atoms with Crippen molar-refractivity contribution >= 4 is 28.9 Å². The zero-order valence-corrected chi connectivity index (χ0v) is 16.8. The van der Waals surface area contributed by atoms with Gasteiger partial charge in [-0.1, -0.05) is 22.8 Å². The summed E-state index contributed by atoms with van der Waals surface area (Å²) in [6.45, 7) is 2.43. The zero-order chi connectivity index (χ0) is 19.8. The highest BCUT2D eigenvalue weighted by Crippen LogP contribution is 2.35. The van der Waals surface area contributed by atoms with Crippen molar-refractivity contribution in [2.45, 2.75) is 19.3 Å². The van der Waals surface area contributed by atoms with Crippen LogP contribution in [0.1, 0.15) is 23.7 Å². The van der Waals surface area contributed by atoms with Gasteiger partial charge < -0.3 is 14.3 Å². The fourth-order valence-corrected chi connectivity index (χ4v) is 3.59. The number of amides is 1. The second-order valence-electron chi connectivity index (χ2n) is 7.19. The maximum absolute atomic E-state index is 12.6. The lowest BCUT2D eigenvalue weighted by molar-refractivity contribution is -0.117. The number of benzene rings is 2. The Labute approximate surface area is 168 Å². The summed E-state index contributed by atoms with van der Waals surface area (Å²) in [5.41, 5.74) is 3.68. The highest BCUT2D eigenvalue weighted by Gasteiger charge is 2.35. The maximum Gasteiger partial charge on any atom is 0.257 e. The molecule has 0 N–H and O–H groups in total. The number of hydrogen-bond acceptors (Lipinski definition) is 5. The van der Waals surface area contributed by atoms with Crippen LogP contribution in [0.25, 0.3) is 11.5 Å². The number of aromatic nitrogens is 2. The molecule has 2 heterocycles. The molecule has 2 aromatic carbocycles. The van der Waals surface area contributed by atoms with E-state index in [1.807, 2.05) is 68.4 Å². The fourth-order valence-electron chi connectivity index (χ4n) is 3.42. The summed E-state index contributed by atoms with van der Waals surface area (Å²) in [4.78, 5) is 20.9. The van der Waals surface area contributed by atoms with Gasteiger partial charge in [0.15, 0.2) is 5.82 Å². The molecule has 28 heavy (non-hydrogen) atoms. The summed E-state index contributed by atoms with van der Waals surface area (Å²) in [7, 11) is 3.98. The number of carbonyl (C=O) groups excluding carboxylic acids is 1. The zero-order valence-electron chi connectivity index (χ0n) is 16.0. The Morgan fingerprint density at radius 2 is 1.93 bits per heavy atom. The first-order chi connectivity index (χ1) is 13.4. The van der Waals surface area contributed by atoms with Gasteiger partial charge in [-0.2, -0.15) is 4.98 Å². The molecule has 0 saturated carbocycles. The Hall–Kier alpha value is -2.86. The lowest BCUT2D eigenvalue weighted by atomic mass is 10.1. The van der Waals surface area contributed by atoms with Crippen molar-refractivity contribution in [2.24, 2.45) is 0 Å². The van der Waals surface area contributed by atoms with Gasteiger partial charge in [-0.25, -0.2) is 0 Å². The molecular weight excluding hydrogens is 376 g/mol. The van der Waals surface area contributed by atoms with E-state index in [0.29, 0.717) is 29.7 Å². The van der Waals surface area contributed by atoms with Crippen LogP contribution in [0.5, 0.6) is 0 Å². The summed E-state index contributed by atoms with van der Waals surface area (Å²) in [5.74, 6) is 0.953. The quantitative estimate of drug-likeness (QED) is 0.658. The Balaban J connectivity index is 1.55. The molecule has 1 amide bonds. The molecule has 0 aliphatic carbocycles. The molecular formula is C21H21ClN4O2. The van der Waals surface area contributed by atoms with Crippen LogP contribution in [-0.4, -0.2) is 36.7 Å². The molecule has 1 fully saturated rings. The first-order valence-electron chi connectivity index (χ1n) is 9.11. The van der Waals surface area contributed by atoms with Gasteiger partial charge in [0.05, 0.1) is 0 Å². The van der Waals surface area contributed by atoms with Crippen molar-refractivity contribution in [3.8, 4) is 11.5 Å². The minimum atomic E-state index is -0.107. The predicted octanol–water partition coefficient (Wildman–Crippen LogP) is 4.28. The van der Waals surface area contributed by atoms with Gasteiger partial charge >= 0.3 is 0 Å². The molecule has 1 aliphatic rings. The Kier molecular flexibility index (Phi) is 4.81. The minimum absolute atomic E-state index is 0.0389. The molecule has 4 rings (SSSR count). The second kappa shape index (κ2) is 7.28. The molecule has 6 nitrogen and oxygen atoms in total. The van der Waals surface area contributed by atoms with Gasteiger partial charge in [0.2, 0.25) is 5.91 Å². The highest BCUT2D eigenvalue weighted by atomic mass is 35.5. The van der Waals surface area contributed by atoms with Crippen molar-refractivity contribution in [1.29, 1.82) is 0 Å². The van der Waals surface area contributed by atoms with Crippen molar-refractivity contribution < 1.29 is 9.32 Å². The first kappa shape index (κ1) is 18.5. The molecule has 144 valence electrons. The third-order valence-electron chi connectivity index (χ3n) is 5.09. The van der Waals surface area contributed by atoms with Gasteiger partial charge in [-0.05, 0) is 48.9 Å². The molecule has 1 saturated heterocycles. The lowest BCUT2D eigenvalue weighted by Crippen LogP contribution is -2.25. The van der Waals surface area contributed by atoms with Gasteiger partial charge in [0, 0.05) is 54.9 Å². The standard InChI is InChI=1S/C21H21ClN4O2/c1-13-17(22)5-4-6-18(13)26-12-15(11-19(26)27)20-23-21(28-24-20)14-7-9-16(10-8-14)25(2)3/h4-10,15H,11-12H2,1-3H3. The largest absolute Gasteiger partial charge is 0.378 e. The summed E-state index contributed by atoms with van der Waals surface area (Å²) in [6, 6.07) is 13.5.